The Bertz CT molecular complexity index is 1090. The van der Waals surface area contributed by atoms with E-state index >= 15 is 0 Å². The minimum Gasteiger partial charge on any atom is -0.493 e. The van der Waals surface area contributed by atoms with Crippen LogP contribution in [0.25, 0.3) is 0 Å². The number of nitrogens with zero attached hydrogens (tertiary/aromatic N) is 2. The Morgan fingerprint density at radius 2 is 1.67 bits per heavy atom. The number of rotatable bonds is 9. The summed E-state index contributed by atoms with van der Waals surface area (Å²) in [5.41, 5.74) is 2.89. The van der Waals surface area contributed by atoms with E-state index in [2.05, 4.69) is 26.1 Å². The zero-order chi connectivity index (χ0) is 22.8. The molecule has 1 spiro atoms. The van der Waals surface area contributed by atoms with E-state index in [9.17, 15) is 0 Å². The van der Waals surface area contributed by atoms with Crippen molar-refractivity contribution in [1.82, 2.24) is 14.7 Å². The summed E-state index contributed by atoms with van der Waals surface area (Å²) < 4.78 is 15.2. The molecule has 0 atom stereocenters. The van der Waals surface area contributed by atoms with Crippen molar-refractivity contribution in [2.75, 3.05) is 19.5 Å². The molecule has 1 aromatic heterocycles. The lowest BCUT2D eigenvalue weighted by Gasteiger charge is -2.58. The lowest BCUT2D eigenvalue weighted by Crippen LogP contribution is -2.58. The summed E-state index contributed by atoms with van der Waals surface area (Å²) in [6.07, 6.45) is 5.66. The maximum Gasteiger partial charge on any atom is 0.202 e. The second-order valence-corrected chi connectivity index (χ2v) is 10.4. The molecule has 3 aromatic rings. The van der Waals surface area contributed by atoms with Gasteiger partial charge in [-0.25, -0.2) is 4.98 Å². The fourth-order valence-corrected chi connectivity index (χ4v) is 5.94. The van der Waals surface area contributed by atoms with Gasteiger partial charge in [0.2, 0.25) is 5.13 Å². The summed E-state index contributed by atoms with van der Waals surface area (Å²) in [6, 6.07) is 15.1. The van der Waals surface area contributed by atoms with Crippen molar-refractivity contribution >= 4 is 28.3 Å². The maximum atomic E-state index is 5.96. The molecule has 2 aromatic carbocycles. The third-order valence-electron chi connectivity index (χ3n) is 6.83. The summed E-state index contributed by atoms with van der Waals surface area (Å²) in [7, 11) is 3.34. The van der Waals surface area contributed by atoms with Gasteiger partial charge in [-0.3, -0.25) is 0 Å². The molecule has 2 aliphatic rings. The Kier molecular flexibility index (Phi) is 6.45. The van der Waals surface area contributed by atoms with Crippen LogP contribution in [0.1, 0.15) is 42.6 Å². The third kappa shape index (κ3) is 5.10. The van der Waals surface area contributed by atoms with Gasteiger partial charge in [0.25, 0.3) is 0 Å². The Hall–Kier alpha value is -2.35. The summed E-state index contributed by atoms with van der Waals surface area (Å²) in [4.78, 5) is 4.68. The predicted octanol–water partition coefficient (Wildman–Crippen LogP) is 5.31. The van der Waals surface area contributed by atoms with Crippen LogP contribution in [0.5, 0.6) is 11.5 Å². The second-order valence-electron chi connectivity index (χ2n) is 9.24. The van der Waals surface area contributed by atoms with Crippen LogP contribution in [-0.2, 0) is 13.0 Å². The maximum absolute atomic E-state index is 5.96. The Labute approximate surface area is 203 Å². The molecule has 174 valence electrons. The van der Waals surface area contributed by atoms with Crippen LogP contribution in [-0.4, -0.2) is 35.7 Å². The first-order valence-corrected chi connectivity index (χ1v) is 12.5. The molecule has 0 saturated heterocycles. The van der Waals surface area contributed by atoms with E-state index in [1.54, 1.807) is 14.2 Å². The largest absolute Gasteiger partial charge is 0.493 e. The molecule has 5 rings (SSSR count). The van der Waals surface area contributed by atoms with Crippen LogP contribution in [0.15, 0.2) is 42.5 Å². The van der Waals surface area contributed by atoms with E-state index in [0.717, 1.165) is 40.4 Å². The normalized spacial score (nSPS) is 23.6. The Morgan fingerprint density at radius 1 is 0.970 bits per heavy atom. The average molecular weight is 485 g/mol. The van der Waals surface area contributed by atoms with Crippen LogP contribution in [0, 0.1) is 5.41 Å². The molecule has 0 bridgehead atoms. The molecule has 1 heterocycles. The fraction of sp³-hybridized carbons (Fsp3) is 0.440. The molecule has 0 aliphatic heterocycles. The van der Waals surface area contributed by atoms with Crippen LogP contribution in [0.3, 0.4) is 0 Å². The van der Waals surface area contributed by atoms with Gasteiger partial charge in [0.1, 0.15) is 5.82 Å². The molecule has 2 N–H and O–H groups in total. The van der Waals surface area contributed by atoms with E-state index in [1.165, 1.54) is 48.3 Å². The second kappa shape index (κ2) is 9.49. The van der Waals surface area contributed by atoms with Crippen LogP contribution >= 0.6 is 23.1 Å². The Morgan fingerprint density at radius 3 is 2.39 bits per heavy atom. The molecule has 8 heteroatoms. The van der Waals surface area contributed by atoms with Crippen LogP contribution in [0.4, 0.5) is 5.13 Å². The number of anilines is 1. The molecule has 0 amide bonds. The molecule has 6 nitrogen and oxygen atoms in total. The number of nitrogens with one attached hydrogen (secondary N) is 2. The minimum atomic E-state index is 0.504. The number of hydrogen-bond donors (Lipinski definition) is 2. The summed E-state index contributed by atoms with van der Waals surface area (Å²) in [5.74, 6) is 2.41. The monoisotopic (exact) mass is 484 g/mol. The number of ether oxygens (including phenoxy) is 2. The van der Waals surface area contributed by atoms with Crippen LogP contribution < -0.4 is 20.1 Å². The van der Waals surface area contributed by atoms with E-state index in [-0.39, 0.29) is 0 Å². The molecule has 0 unspecified atom stereocenters. The molecule has 2 saturated carbocycles. The number of halogens is 1. The van der Waals surface area contributed by atoms with Gasteiger partial charge >= 0.3 is 0 Å². The van der Waals surface area contributed by atoms with Gasteiger partial charge in [-0.1, -0.05) is 29.8 Å². The molecular formula is C25H29ClN4O2S. The van der Waals surface area contributed by atoms with Gasteiger partial charge in [-0.15, -0.1) is 0 Å². The smallest absolute Gasteiger partial charge is 0.202 e. The number of benzene rings is 2. The summed E-state index contributed by atoms with van der Waals surface area (Å²) in [6.45, 7) is 0.851. The van der Waals surface area contributed by atoms with E-state index in [0.29, 0.717) is 17.5 Å². The van der Waals surface area contributed by atoms with Gasteiger partial charge in [0.05, 0.1) is 14.2 Å². The van der Waals surface area contributed by atoms with E-state index in [1.807, 2.05) is 36.4 Å². The molecule has 0 radical (unpaired) electrons. The van der Waals surface area contributed by atoms with Crippen molar-refractivity contribution in [1.29, 1.82) is 0 Å². The van der Waals surface area contributed by atoms with Crippen molar-refractivity contribution in [2.45, 2.75) is 50.7 Å². The van der Waals surface area contributed by atoms with Crippen molar-refractivity contribution in [3.8, 4) is 11.5 Å². The van der Waals surface area contributed by atoms with Gasteiger partial charge < -0.3 is 20.1 Å². The molecule has 33 heavy (non-hydrogen) atoms. The highest BCUT2D eigenvalue weighted by Gasteiger charge is 2.52. The standard InChI is InChI=1S/C25H29ClN4O2S/c1-31-21-8-5-17(9-22(21)32-2)15-27-19-11-25(12-19)13-20(14-25)28-24-29-23(30-33-24)10-16-3-6-18(26)7-4-16/h3-9,19-20,27H,10-15H2,1-2H3,(H,28,29,30). The van der Waals surface area contributed by atoms with Gasteiger partial charge in [-0.05, 0) is 66.5 Å². The van der Waals surface area contributed by atoms with Crippen LogP contribution in [0.2, 0.25) is 5.02 Å². The van der Waals surface area contributed by atoms with Gasteiger partial charge in [-0.2, -0.15) is 4.37 Å². The quantitative estimate of drug-likeness (QED) is 0.429. The zero-order valence-electron chi connectivity index (χ0n) is 18.9. The van der Waals surface area contributed by atoms with E-state index in [4.69, 9.17) is 21.1 Å². The lowest BCUT2D eigenvalue weighted by molar-refractivity contribution is -0.0125. The van der Waals surface area contributed by atoms with Gasteiger partial charge in [0.15, 0.2) is 11.5 Å². The first-order valence-electron chi connectivity index (χ1n) is 11.3. The molecule has 2 aliphatic carbocycles. The average Bonchev–Trinajstić information content (AvgIpc) is 3.21. The highest BCUT2D eigenvalue weighted by molar-refractivity contribution is 7.09. The molecule has 2 fully saturated rings. The van der Waals surface area contributed by atoms with Crippen molar-refractivity contribution in [2.24, 2.45) is 5.41 Å². The zero-order valence-corrected chi connectivity index (χ0v) is 20.5. The Balaban J connectivity index is 1.04. The highest BCUT2D eigenvalue weighted by atomic mass is 35.5. The van der Waals surface area contributed by atoms with Crippen molar-refractivity contribution in [3.05, 3.63) is 64.4 Å². The van der Waals surface area contributed by atoms with E-state index < -0.39 is 0 Å². The summed E-state index contributed by atoms with van der Waals surface area (Å²) in [5, 5.41) is 8.97. The number of hydrogen-bond acceptors (Lipinski definition) is 7. The predicted molar refractivity (Wildman–Crippen MR) is 133 cm³/mol. The first kappa shape index (κ1) is 22.4. The van der Waals surface area contributed by atoms with Crippen molar-refractivity contribution in [3.63, 3.8) is 0 Å². The fourth-order valence-electron chi connectivity index (χ4n) is 5.15. The topological polar surface area (TPSA) is 68.3 Å². The highest BCUT2D eigenvalue weighted by Crippen LogP contribution is 2.56. The minimum absolute atomic E-state index is 0.504. The molecular weight excluding hydrogens is 456 g/mol. The first-order chi connectivity index (χ1) is 16.0. The number of aromatic nitrogens is 2. The summed E-state index contributed by atoms with van der Waals surface area (Å²) >= 11 is 7.42. The number of methoxy groups -OCH3 is 2. The third-order valence-corrected chi connectivity index (χ3v) is 7.77. The lowest BCUT2D eigenvalue weighted by atomic mass is 9.52. The van der Waals surface area contributed by atoms with Gasteiger partial charge in [0, 0.05) is 41.6 Å². The SMILES string of the molecule is COc1ccc(CNC2CC3(C2)CC(Nc2nc(Cc4ccc(Cl)cc4)ns2)C3)cc1OC. The van der Waals surface area contributed by atoms with Crippen molar-refractivity contribution < 1.29 is 9.47 Å².